The van der Waals surface area contributed by atoms with Gasteiger partial charge in [-0.25, -0.2) is 0 Å². The van der Waals surface area contributed by atoms with E-state index in [0.29, 0.717) is 0 Å². The van der Waals surface area contributed by atoms with Gasteiger partial charge in [0.1, 0.15) is 0 Å². The Hall–Kier alpha value is 0.560. The lowest BCUT2D eigenvalue weighted by Gasteiger charge is -2.33. The average Bonchev–Trinajstić information content (AvgIpc) is 2.37. The molecule has 0 aromatic carbocycles. The predicted molar refractivity (Wildman–Crippen MR) is 46.0 cm³/mol. The molecule has 11 heavy (non-hydrogen) atoms. The van der Waals surface area contributed by atoms with Crippen molar-refractivity contribution < 1.29 is 9.47 Å². The molecule has 2 aliphatic rings. The maximum Gasteiger partial charge on any atom is 0.171 e. The normalized spacial score (nSPS) is 36.3. The van der Waals surface area contributed by atoms with E-state index in [0.717, 1.165) is 31.8 Å². The molecule has 2 nitrogen and oxygen atoms in total. The van der Waals surface area contributed by atoms with Crippen LogP contribution in [0.4, 0.5) is 0 Å². The van der Waals surface area contributed by atoms with Crippen LogP contribution in [0.1, 0.15) is 12.8 Å². The van der Waals surface area contributed by atoms with E-state index in [9.17, 15) is 0 Å². The van der Waals surface area contributed by atoms with Gasteiger partial charge >= 0.3 is 0 Å². The molecule has 0 saturated carbocycles. The first-order chi connectivity index (χ1) is 5.31. The van der Waals surface area contributed by atoms with Crippen LogP contribution in [0.5, 0.6) is 0 Å². The molecule has 2 fully saturated rings. The second-order valence-corrected chi connectivity index (χ2v) is 4.94. The van der Waals surface area contributed by atoms with Gasteiger partial charge in [-0.2, -0.15) is 0 Å². The lowest BCUT2D eigenvalue weighted by atomic mass is 10.1. The van der Waals surface area contributed by atoms with Gasteiger partial charge in [-0.15, -0.1) is 23.4 Å². The van der Waals surface area contributed by atoms with Gasteiger partial charge in [0.25, 0.3) is 0 Å². The van der Waals surface area contributed by atoms with Crippen LogP contribution < -0.4 is 0 Å². The van der Waals surface area contributed by atoms with Gasteiger partial charge in [0, 0.05) is 12.8 Å². The molecule has 0 aromatic rings. The van der Waals surface area contributed by atoms with Crippen molar-refractivity contribution >= 4 is 23.4 Å². The van der Waals surface area contributed by atoms with Crippen molar-refractivity contribution in [2.45, 2.75) is 23.3 Å². The Labute approximate surface area is 75.6 Å². The van der Waals surface area contributed by atoms with E-state index in [4.69, 9.17) is 21.1 Å². The first kappa shape index (κ1) is 8.17. The zero-order chi connectivity index (χ0) is 7.73. The molecule has 1 unspecified atom stereocenters. The van der Waals surface area contributed by atoms with E-state index in [-0.39, 0.29) is 10.5 Å². The van der Waals surface area contributed by atoms with Gasteiger partial charge in [0.05, 0.1) is 17.9 Å². The summed E-state index contributed by atoms with van der Waals surface area (Å²) in [5.74, 6) is 0.742. The minimum absolute atomic E-state index is 0.168. The van der Waals surface area contributed by atoms with Gasteiger partial charge in [-0.1, -0.05) is 0 Å². The van der Waals surface area contributed by atoms with Gasteiger partial charge in [-0.3, -0.25) is 0 Å². The Morgan fingerprint density at radius 1 is 1.36 bits per heavy atom. The first-order valence-electron chi connectivity index (χ1n) is 3.84. The third-order valence-electron chi connectivity index (χ3n) is 2.07. The summed E-state index contributed by atoms with van der Waals surface area (Å²) in [5.41, 5.74) is 0. The van der Waals surface area contributed by atoms with Crippen molar-refractivity contribution in [3.05, 3.63) is 0 Å². The standard InChI is InChI=1S/C7H11ClO2S/c8-6-5-7(1-4-11-6)9-2-3-10-7/h6H,1-5H2. The SMILES string of the molecule is ClC1CC2(CCS1)OCCO2. The Morgan fingerprint density at radius 3 is 2.73 bits per heavy atom. The molecule has 0 radical (unpaired) electrons. The zero-order valence-electron chi connectivity index (χ0n) is 6.22. The highest BCUT2D eigenvalue weighted by Gasteiger charge is 2.41. The number of ether oxygens (including phenoxy) is 2. The molecule has 0 N–H and O–H groups in total. The summed E-state index contributed by atoms with van der Waals surface area (Å²) in [6, 6.07) is 0. The molecule has 2 heterocycles. The molecule has 2 saturated heterocycles. The highest BCUT2D eigenvalue weighted by Crippen LogP contribution is 2.39. The van der Waals surface area contributed by atoms with E-state index in [2.05, 4.69) is 0 Å². The van der Waals surface area contributed by atoms with Gasteiger partial charge < -0.3 is 9.47 Å². The van der Waals surface area contributed by atoms with Crippen LogP contribution in [0.15, 0.2) is 0 Å². The Bertz CT molecular complexity index is 147. The van der Waals surface area contributed by atoms with Gasteiger partial charge in [0.2, 0.25) is 0 Å². The Balaban J connectivity index is 2.00. The fourth-order valence-electron chi connectivity index (χ4n) is 1.51. The molecule has 0 aliphatic carbocycles. The molecule has 1 atom stereocenters. The monoisotopic (exact) mass is 194 g/mol. The second-order valence-electron chi connectivity index (χ2n) is 2.84. The second kappa shape index (κ2) is 3.13. The largest absolute Gasteiger partial charge is 0.347 e. The number of hydrogen-bond acceptors (Lipinski definition) is 3. The third kappa shape index (κ3) is 1.66. The molecule has 64 valence electrons. The molecule has 1 spiro atoms. The number of thioether (sulfide) groups is 1. The average molecular weight is 195 g/mol. The lowest BCUT2D eigenvalue weighted by molar-refractivity contribution is -0.162. The number of rotatable bonds is 0. The number of hydrogen-bond donors (Lipinski definition) is 0. The molecule has 2 rings (SSSR count). The molecule has 4 heteroatoms. The van der Waals surface area contributed by atoms with Crippen LogP contribution in [-0.2, 0) is 9.47 Å². The molecule has 2 aliphatic heterocycles. The van der Waals surface area contributed by atoms with Crippen LogP contribution in [0.2, 0.25) is 0 Å². The van der Waals surface area contributed by atoms with E-state index in [1.165, 1.54) is 0 Å². The summed E-state index contributed by atoms with van der Waals surface area (Å²) in [6.07, 6.45) is 1.82. The van der Waals surface area contributed by atoms with Crippen molar-refractivity contribution in [2.75, 3.05) is 19.0 Å². The summed E-state index contributed by atoms with van der Waals surface area (Å²) >= 11 is 7.77. The van der Waals surface area contributed by atoms with E-state index < -0.39 is 0 Å². The van der Waals surface area contributed by atoms with Crippen molar-refractivity contribution in [3.63, 3.8) is 0 Å². The fraction of sp³-hybridized carbons (Fsp3) is 1.00. The first-order valence-corrected chi connectivity index (χ1v) is 5.33. The summed E-state index contributed by atoms with van der Waals surface area (Å²) in [6.45, 7) is 1.46. The molecule has 0 amide bonds. The van der Waals surface area contributed by atoms with Crippen LogP contribution >= 0.6 is 23.4 Å². The number of alkyl halides is 1. The predicted octanol–water partition coefficient (Wildman–Crippen LogP) is 1.82. The summed E-state index contributed by atoms with van der Waals surface area (Å²) in [4.78, 5) is 0. The molecule has 0 aromatic heterocycles. The van der Waals surface area contributed by atoms with Gasteiger partial charge in [0.15, 0.2) is 5.79 Å². The van der Waals surface area contributed by atoms with Crippen molar-refractivity contribution in [1.29, 1.82) is 0 Å². The number of halogens is 1. The topological polar surface area (TPSA) is 18.5 Å². The minimum Gasteiger partial charge on any atom is -0.347 e. The van der Waals surface area contributed by atoms with E-state index in [1.807, 2.05) is 0 Å². The Morgan fingerprint density at radius 2 is 2.09 bits per heavy atom. The quantitative estimate of drug-likeness (QED) is 0.549. The van der Waals surface area contributed by atoms with Crippen molar-refractivity contribution in [1.82, 2.24) is 0 Å². The molecule has 0 bridgehead atoms. The Kier molecular flexibility index (Phi) is 2.33. The van der Waals surface area contributed by atoms with Crippen molar-refractivity contribution in [3.8, 4) is 0 Å². The van der Waals surface area contributed by atoms with Crippen LogP contribution in [0.25, 0.3) is 0 Å². The molecular weight excluding hydrogens is 184 g/mol. The van der Waals surface area contributed by atoms with E-state index in [1.54, 1.807) is 11.8 Å². The van der Waals surface area contributed by atoms with Crippen LogP contribution in [0.3, 0.4) is 0 Å². The fourth-order valence-corrected chi connectivity index (χ4v) is 3.07. The maximum atomic E-state index is 5.99. The summed E-state index contributed by atoms with van der Waals surface area (Å²) < 4.78 is 11.2. The van der Waals surface area contributed by atoms with Crippen molar-refractivity contribution in [2.24, 2.45) is 0 Å². The summed E-state index contributed by atoms with van der Waals surface area (Å²) in [7, 11) is 0. The zero-order valence-corrected chi connectivity index (χ0v) is 7.79. The van der Waals surface area contributed by atoms with Crippen LogP contribution in [0, 0.1) is 0 Å². The van der Waals surface area contributed by atoms with Gasteiger partial charge in [-0.05, 0) is 5.75 Å². The van der Waals surface area contributed by atoms with E-state index >= 15 is 0 Å². The maximum absolute atomic E-state index is 5.99. The molecular formula is C7H11ClO2S. The lowest BCUT2D eigenvalue weighted by Crippen LogP contribution is -2.36. The highest BCUT2D eigenvalue weighted by molar-refractivity contribution is 8.01. The third-order valence-corrected chi connectivity index (χ3v) is 3.57. The van der Waals surface area contributed by atoms with Crippen LogP contribution in [-0.4, -0.2) is 29.5 Å². The smallest absolute Gasteiger partial charge is 0.171 e. The summed E-state index contributed by atoms with van der Waals surface area (Å²) in [5, 5.41) is 0. The highest BCUT2D eigenvalue weighted by atomic mass is 35.5. The minimum atomic E-state index is -0.308.